The monoisotopic (exact) mass is 191 g/mol. The predicted octanol–water partition coefficient (Wildman–Crippen LogP) is -0.900. The van der Waals surface area contributed by atoms with Gasteiger partial charge in [-0.3, -0.25) is 4.79 Å². The number of likely N-dealkylation sites (N-methyl/N-ethyl adjacent to an activating group) is 1. The second-order valence-corrected chi connectivity index (χ2v) is 2.68. The highest BCUT2D eigenvalue weighted by Crippen LogP contribution is 1.82. The van der Waals surface area contributed by atoms with Crippen molar-refractivity contribution in [1.29, 1.82) is 0 Å². The van der Waals surface area contributed by atoms with Gasteiger partial charge in [0, 0.05) is 14.1 Å². The number of carbonyl (C=O) groups is 1. The van der Waals surface area contributed by atoms with Crippen LogP contribution in [0.2, 0.25) is 0 Å². The van der Waals surface area contributed by atoms with Crippen molar-refractivity contribution in [3.63, 3.8) is 0 Å². The molecule has 1 amide bonds. The summed E-state index contributed by atoms with van der Waals surface area (Å²) in [4.78, 5) is 12.4. The van der Waals surface area contributed by atoms with Crippen LogP contribution in [0.3, 0.4) is 0 Å². The second kappa shape index (κ2) is 7.97. The van der Waals surface area contributed by atoms with E-state index in [-0.39, 0.29) is 19.1 Å². The number of hydrogen-bond donors (Lipinski definition) is 1. The van der Waals surface area contributed by atoms with Crippen LogP contribution in [0.15, 0.2) is 0 Å². The van der Waals surface area contributed by atoms with E-state index < -0.39 is 0 Å². The number of aliphatic hydroxyl groups is 1. The maximum absolute atomic E-state index is 11.0. The van der Waals surface area contributed by atoms with E-state index in [1.807, 2.05) is 0 Å². The standard InChI is InChI=1S/C8H17NO4/c1-9(2)8(11)7-13-6-5-12-4-3-10/h10H,3-7H2,1-2H3. The van der Waals surface area contributed by atoms with Crippen LogP contribution < -0.4 is 0 Å². The lowest BCUT2D eigenvalue weighted by molar-refractivity contribution is -0.134. The van der Waals surface area contributed by atoms with Gasteiger partial charge in [0.15, 0.2) is 0 Å². The van der Waals surface area contributed by atoms with Gasteiger partial charge in [-0.05, 0) is 0 Å². The van der Waals surface area contributed by atoms with Gasteiger partial charge in [-0.2, -0.15) is 0 Å². The Kier molecular flexibility index (Phi) is 7.57. The van der Waals surface area contributed by atoms with Gasteiger partial charge in [0.05, 0.1) is 26.4 Å². The average molecular weight is 191 g/mol. The fourth-order valence-electron chi connectivity index (χ4n) is 0.573. The van der Waals surface area contributed by atoms with Gasteiger partial charge in [-0.15, -0.1) is 0 Å². The Bertz CT molecular complexity index is 138. The van der Waals surface area contributed by atoms with Crippen LogP contribution in [0.5, 0.6) is 0 Å². The Balaban J connectivity index is 3.12. The van der Waals surface area contributed by atoms with Crippen molar-refractivity contribution in [3.05, 3.63) is 0 Å². The lowest BCUT2D eigenvalue weighted by Gasteiger charge is -2.10. The maximum Gasteiger partial charge on any atom is 0.248 e. The summed E-state index contributed by atoms with van der Waals surface area (Å²) < 4.78 is 9.93. The first-order chi connectivity index (χ1) is 6.18. The molecule has 0 radical (unpaired) electrons. The molecular formula is C8H17NO4. The van der Waals surface area contributed by atoms with Gasteiger partial charge in [-0.25, -0.2) is 0 Å². The third kappa shape index (κ3) is 7.70. The van der Waals surface area contributed by atoms with E-state index in [9.17, 15) is 4.79 Å². The third-order valence-electron chi connectivity index (χ3n) is 1.33. The molecule has 0 bridgehead atoms. The molecule has 5 nitrogen and oxygen atoms in total. The van der Waals surface area contributed by atoms with Crippen LogP contribution in [-0.4, -0.2) is 63.0 Å². The molecule has 0 aromatic carbocycles. The molecule has 0 saturated carbocycles. The van der Waals surface area contributed by atoms with Gasteiger partial charge < -0.3 is 19.5 Å². The molecule has 0 aliphatic carbocycles. The summed E-state index contributed by atoms with van der Waals surface area (Å²) in [6.45, 7) is 1.18. The normalized spacial score (nSPS) is 10.1. The van der Waals surface area contributed by atoms with E-state index in [4.69, 9.17) is 14.6 Å². The summed E-state index contributed by atoms with van der Waals surface area (Å²) in [6, 6.07) is 0. The molecule has 0 heterocycles. The van der Waals surface area contributed by atoms with Crippen LogP contribution in [0.1, 0.15) is 0 Å². The van der Waals surface area contributed by atoms with Gasteiger partial charge in [0.2, 0.25) is 5.91 Å². The van der Waals surface area contributed by atoms with Gasteiger partial charge in [-0.1, -0.05) is 0 Å². The average Bonchev–Trinajstić information content (AvgIpc) is 2.10. The number of aliphatic hydroxyl groups excluding tert-OH is 1. The molecule has 78 valence electrons. The second-order valence-electron chi connectivity index (χ2n) is 2.68. The first kappa shape index (κ1) is 12.3. The molecule has 13 heavy (non-hydrogen) atoms. The SMILES string of the molecule is CN(C)C(=O)COCCOCCO. The molecule has 0 rings (SSSR count). The number of nitrogens with zero attached hydrogens (tertiary/aromatic N) is 1. The molecule has 0 aromatic rings. The summed E-state index contributed by atoms with van der Waals surface area (Å²) in [5.74, 6) is -0.0674. The first-order valence-corrected chi connectivity index (χ1v) is 4.15. The van der Waals surface area contributed by atoms with Crippen molar-refractivity contribution in [2.45, 2.75) is 0 Å². The number of carbonyl (C=O) groups excluding carboxylic acids is 1. The lowest BCUT2D eigenvalue weighted by Crippen LogP contribution is -2.26. The molecule has 0 atom stereocenters. The summed E-state index contributed by atoms with van der Waals surface area (Å²) in [5.41, 5.74) is 0. The summed E-state index contributed by atoms with van der Waals surface area (Å²) >= 11 is 0. The van der Waals surface area contributed by atoms with Gasteiger partial charge in [0.25, 0.3) is 0 Å². The molecule has 0 fully saturated rings. The minimum Gasteiger partial charge on any atom is -0.394 e. The van der Waals surface area contributed by atoms with E-state index in [2.05, 4.69) is 0 Å². The Labute approximate surface area is 78.2 Å². The van der Waals surface area contributed by atoms with Crippen molar-refractivity contribution in [3.8, 4) is 0 Å². The van der Waals surface area contributed by atoms with E-state index in [1.165, 1.54) is 4.90 Å². The van der Waals surface area contributed by atoms with Crippen LogP contribution in [0.4, 0.5) is 0 Å². The zero-order valence-electron chi connectivity index (χ0n) is 8.15. The van der Waals surface area contributed by atoms with Gasteiger partial charge in [0.1, 0.15) is 6.61 Å². The highest BCUT2D eigenvalue weighted by Gasteiger charge is 2.02. The molecule has 0 spiro atoms. The predicted molar refractivity (Wildman–Crippen MR) is 47.4 cm³/mol. The largest absolute Gasteiger partial charge is 0.394 e. The molecular weight excluding hydrogens is 174 g/mol. The highest BCUT2D eigenvalue weighted by molar-refractivity contribution is 5.76. The number of rotatable bonds is 7. The van der Waals surface area contributed by atoms with Crippen molar-refractivity contribution in [2.75, 3.05) is 47.1 Å². The van der Waals surface area contributed by atoms with Crippen LogP contribution in [-0.2, 0) is 14.3 Å². The number of hydrogen-bond acceptors (Lipinski definition) is 4. The Morgan fingerprint density at radius 3 is 2.38 bits per heavy atom. The minimum atomic E-state index is -0.0674. The minimum absolute atomic E-state index is 0.0105. The lowest BCUT2D eigenvalue weighted by atomic mass is 10.6. The Morgan fingerprint density at radius 1 is 1.23 bits per heavy atom. The highest BCUT2D eigenvalue weighted by atomic mass is 16.5. The van der Waals surface area contributed by atoms with Crippen LogP contribution >= 0.6 is 0 Å². The fraction of sp³-hybridized carbons (Fsp3) is 0.875. The quantitative estimate of drug-likeness (QED) is 0.530. The van der Waals surface area contributed by atoms with Crippen LogP contribution in [0.25, 0.3) is 0 Å². The fourth-order valence-corrected chi connectivity index (χ4v) is 0.573. The third-order valence-corrected chi connectivity index (χ3v) is 1.33. The topological polar surface area (TPSA) is 59.0 Å². The molecule has 0 aliphatic rings. The molecule has 0 unspecified atom stereocenters. The molecule has 1 N–H and O–H groups in total. The summed E-state index contributed by atoms with van der Waals surface area (Å²) in [7, 11) is 3.35. The van der Waals surface area contributed by atoms with E-state index in [1.54, 1.807) is 14.1 Å². The number of ether oxygens (including phenoxy) is 2. The zero-order chi connectivity index (χ0) is 10.1. The molecule has 0 saturated heterocycles. The summed E-state index contributed by atoms with van der Waals surface area (Å²) in [6.07, 6.45) is 0. The van der Waals surface area contributed by atoms with Crippen molar-refractivity contribution in [2.24, 2.45) is 0 Å². The smallest absolute Gasteiger partial charge is 0.248 e. The van der Waals surface area contributed by atoms with Crippen molar-refractivity contribution in [1.82, 2.24) is 4.90 Å². The number of amides is 1. The Morgan fingerprint density at radius 2 is 1.85 bits per heavy atom. The van der Waals surface area contributed by atoms with Crippen LogP contribution in [0, 0.1) is 0 Å². The van der Waals surface area contributed by atoms with Crippen molar-refractivity contribution < 1.29 is 19.4 Å². The van der Waals surface area contributed by atoms with Crippen molar-refractivity contribution >= 4 is 5.91 Å². The van der Waals surface area contributed by atoms with E-state index in [0.29, 0.717) is 19.8 Å². The summed E-state index contributed by atoms with van der Waals surface area (Å²) in [5, 5.41) is 8.36. The van der Waals surface area contributed by atoms with E-state index in [0.717, 1.165) is 0 Å². The van der Waals surface area contributed by atoms with Gasteiger partial charge >= 0.3 is 0 Å². The molecule has 0 aromatic heterocycles. The zero-order valence-corrected chi connectivity index (χ0v) is 8.15. The van der Waals surface area contributed by atoms with E-state index >= 15 is 0 Å². The Hall–Kier alpha value is -0.650. The molecule has 0 aliphatic heterocycles. The maximum atomic E-state index is 11.0. The molecule has 5 heteroatoms. The first-order valence-electron chi connectivity index (χ1n) is 4.15.